The largest absolute Gasteiger partial charge is 0.371 e. The lowest BCUT2D eigenvalue weighted by Gasteiger charge is -2.36. The fourth-order valence-electron chi connectivity index (χ4n) is 3.99. The van der Waals surface area contributed by atoms with Gasteiger partial charge in [0.2, 0.25) is 0 Å². The number of anilines is 1. The van der Waals surface area contributed by atoms with Gasteiger partial charge in [-0.15, -0.1) is 0 Å². The molecular formula is C23H29N5. The Morgan fingerprint density at radius 3 is 2.46 bits per heavy atom. The first-order valence-corrected chi connectivity index (χ1v) is 10.2. The van der Waals surface area contributed by atoms with Gasteiger partial charge < -0.3 is 10.2 Å². The molecule has 1 fully saturated rings. The molecule has 1 N–H and O–H groups in total. The quantitative estimate of drug-likeness (QED) is 0.679. The van der Waals surface area contributed by atoms with Crippen LogP contribution < -0.4 is 10.2 Å². The minimum Gasteiger partial charge on any atom is -0.371 e. The zero-order valence-electron chi connectivity index (χ0n) is 16.5. The second-order valence-corrected chi connectivity index (χ2v) is 7.67. The highest BCUT2D eigenvalue weighted by Crippen LogP contribution is 2.24. The molecule has 0 bridgehead atoms. The Kier molecular flexibility index (Phi) is 6.02. The maximum absolute atomic E-state index is 4.25. The van der Waals surface area contributed by atoms with Crippen molar-refractivity contribution in [2.45, 2.75) is 44.8 Å². The van der Waals surface area contributed by atoms with Crippen molar-refractivity contribution in [1.29, 1.82) is 0 Å². The molecule has 3 aromatic rings. The summed E-state index contributed by atoms with van der Waals surface area (Å²) in [6, 6.07) is 20.5. The predicted octanol–water partition coefficient (Wildman–Crippen LogP) is 3.98. The summed E-state index contributed by atoms with van der Waals surface area (Å²) in [5, 5.41) is 8.18. The number of nitrogens with one attached hydrogen (secondary N) is 1. The van der Waals surface area contributed by atoms with Gasteiger partial charge in [-0.2, -0.15) is 5.10 Å². The molecule has 2 aromatic carbocycles. The van der Waals surface area contributed by atoms with Gasteiger partial charge in [-0.05, 0) is 43.9 Å². The predicted molar refractivity (Wildman–Crippen MR) is 113 cm³/mol. The first kappa shape index (κ1) is 18.7. The third-order valence-corrected chi connectivity index (χ3v) is 5.65. The van der Waals surface area contributed by atoms with Gasteiger partial charge in [-0.1, -0.05) is 48.0 Å². The number of benzene rings is 2. The Morgan fingerprint density at radius 2 is 1.79 bits per heavy atom. The van der Waals surface area contributed by atoms with Crippen LogP contribution in [0.2, 0.25) is 0 Å². The number of hydrogen-bond donors (Lipinski definition) is 1. The van der Waals surface area contributed by atoms with Crippen LogP contribution in [-0.2, 0) is 6.54 Å². The molecule has 1 aliphatic heterocycles. The SMILES string of the molecule is Cc1ccc(N2CCC(NC(CCn3cncn3)c3ccccc3)CC2)cc1. The van der Waals surface area contributed by atoms with Crippen molar-refractivity contribution in [3.8, 4) is 0 Å². The summed E-state index contributed by atoms with van der Waals surface area (Å²) >= 11 is 0. The van der Waals surface area contributed by atoms with E-state index in [2.05, 4.69) is 81.8 Å². The third-order valence-electron chi connectivity index (χ3n) is 5.65. The molecule has 1 atom stereocenters. The van der Waals surface area contributed by atoms with Crippen LogP contribution in [0.4, 0.5) is 5.69 Å². The number of nitrogens with zero attached hydrogens (tertiary/aromatic N) is 4. The molecule has 0 saturated carbocycles. The van der Waals surface area contributed by atoms with E-state index >= 15 is 0 Å². The number of aromatic nitrogens is 3. The van der Waals surface area contributed by atoms with E-state index in [1.807, 2.05) is 4.68 Å². The Balaban J connectivity index is 1.36. The van der Waals surface area contributed by atoms with Gasteiger partial charge in [0.15, 0.2) is 0 Å². The van der Waals surface area contributed by atoms with Crippen molar-refractivity contribution in [2.75, 3.05) is 18.0 Å². The summed E-state index contributed by atoms with van der Waals surface area (Å²) in [4.78, 5) is 6.56. The first-order chi connectivity index (χ1) is 13.8. The number of rotatable bonds is 7. The highest BCUT2D eigenvalue weighted by atomic mass is 15.3. The van der Waals surface area contributed by atoms with Crippen molar-refractivity contribution in [2.24, 2.45) is 0 Å². The van der Waals surface area contributed by atoms with E-state index in [0.29, 0.717) is 12.1 Å². The molecule has 1 aromatic heterocycles. The molecule has 0 radical (unpaired) electrons. The van der Waals surface area contributed by atoms with E-state index in [1.54, 1.807) is 12.7 Å². The van der Waals surface area contributed by atoms with Crippen LogP contribution in [0.15, 0.2) is 67.3 Å². The number of aryl methyl sites for hydroxylation is 2. The Hall–Kier alpha value is -2.66. The van der Waals surface area contributed by atoms with Crippen LogP contribution in [0.1, 0.15) is 36.4 Å². The molecule has 0 spiro atoms. The van der Waals surface area contributed by atoms with Crippen LogP contribution in [0, 0.1) is 6.92 Å². The fourth-order valence-corrected chi connectivity index (χ4v) is 3.99. The highest BCUT2D eigenvalue weighted by molar-refractivity contribution is 5.47. The van der Waals surface area contributed by atoms with Gasteiger partial charge >= 0.3 is 0 Å². The summed E-state index contributed by atoms with van der Waals surface area (Å²) in [6.45, 7) is 5.22. The molecule has 4 rings (SSSR count). The zero-order chi connectivity index (χ0) is 19.2. The zero-order valence-corrected chi connectivity index (χ0v) is 16.5. The van der Waals surface area contributed by atoms with Crippen LogP contribution in [0.3, 0.4) is 0 Å². The minimum absolute atomic E-state index is 0.335. The van der Waals surface area contributed by atoms with Crippen molar-refractivity contribution in [3.63, 3.8) is 0 Å². The summed E-state index contributed by atoms with van der Waals surface area (Å²) in [7, 11) is 0. The topological polar surface area (TPSA) is 46.0 Å². The molecule has 2 heterocycles. The van der Waals surface area contributed by atoms with E-state index in [0.717, 1.165) is 26.1 Å². The van der Waals surface area contributed by atoms with Crippen molar-refractivity contribution in [3.05, 3.63) is 78.4 Å². The molecule has 5 nitrogen and oxygen atoms in total. The molecule has 28 heavy (non-hydrogen) atoms. The van der Waals surface area contributed by atoms with Gasteiger partial charge in [-0.25, -0.2) is 4.98 Å². The van der Waals surface area contributed by atoms with Crippen LogP contribution in [0.5, 0.6) is 0 Å². The van der Waals surface area contributed by atoms with Gasteiger partial charge in [0, 0.05) is 37.4 Å². The highest BCUT2D eigenvalue weighted by Gasteiger charge is 2.22. The summed E-state index contributed by atoms with van der Waals surface area (Å²) < 4.78 is 1.91. The summed E-state index contributed by atoms with van der Waals surface area (Å²) in [5.41, 5.74) is 4.01. The van der Waals surface area contributed by atoms with Gasteiger partial charge in [0.1, 0.15) is 12.7 Å². The molecule has 1 unspecified atom stereocenters. The second kappa shape index (κ2) is 9.02. The third kappa shape index (κ3) is 4.78. The van der Waals surface area contributed by atoms with E-state index in [9.17, 15) is 0 Å². The average Bonchev–Trinajstić information content (AvgIpc) is 3.26. The van der Waals surface area contributed by atoms with Crippen LogP contribution >= 0.6 is 0 Å². The smallest absolute Gasteiger partial charge is 0.137 e. The lowest BCUT2D eigenvalue weighted by molar-refractivity contribution is 0.345. The van der Waals surface area contributed by atoms with Crippen molar-refractivity contribution >= 4 is 5.69 Å². The normalized spacial score (nSPS) is 16.2. The van der Waals surface area contributed by atoms with Crippen molar-refractivity contribution < 1.29 is 0 Å². The van der Waals surface area contributed by atoms with Gasteiger partial charge in [0.05, 0.1) is 0 Å². The lowest BCUT2D eigenvalue weighted by Crippen LogP contribution is -2.44. The molecule has 0 amide bonds. The molecule has 1 aliphatic rings. The lowest BCUT2D eigenvalue weighted by atomic mass is 9.98. The average molecular weight is 376 g/mol. The molecule has 146 valence electrons. The number of hydrogen-bond acceptors (Lipinski definition) is 4. The standard InChI is InChI=1S/C23H29N5/c1-19-7-9-22(10-8-19)27-14-11-21(12-15-27)26-23(20-5-3-2-4-6-20)13-16-28-18-24-17-25-28/h2-10,17-18,21,23,26H,11-16H2,1H3. The van der Waals surface area contributed by atoms with E-state index < -0.39 is 0 Å². The van der Waals surface area contributed by atoms with E-state index in [-0.39, 0.29) is 0 Å². The van der Waals surface area contributed by atoms with Crippen LogP contribution in [-0.4, -0.2) is 33.9 Å². The maximum atomic E-state index is 4.25. The Bertz CT molecular complexity index is 821. The molecule has 5 heteroatoms. The number of piperidine rings is 1. The van der Waals surface area contributed by atoms with Gasteiger partial charge in [-0.3, -0.25) is 4.68 Å². The summed E-state index contributed by atoms with van der Waals surface area (Å²) in [5.74, 6) is 0. The monoisotopic (exact) mass is 375 g/mol. The van der Waals surface area contributed by atoms with Crippen molar-refractivity contribution in [1.82, 2.24) is 20.1 Å². The maximum Gasteiger partial charge on any atom is 0.137 e. The molecule has 1 saturated heterocycles. The van der Waals surface area contributed by atoms with E-state index in [4.69, 9.17) is 0 Å². The summed E-state index contributed by atoms with van der Waals surface area (Å²) in [6.07, 6.45) is 6.74. The first-order valence-electron chi connectivity index (χ1n) is 10.2. The Morgan fingerprint density at radius 1 is 1.04 bits per heavy atom. The van der Waals surface area contributed by atoms with Gasteiger partial charge in [0.25, 0.3) is 0 Å². The second-order valence-electron chi connectivity index (χ2n) is 7.67. The minimum atomic E-state index is 0.335. The molecule has 0 aliphatic carbocycles. The molecular weight excluding hydrogens is 346 g/mol. The van der Waals surface area contributed by atoms with E-state index in [1.165, 1.54) is 29.7 Å². The Labute approximate surface area is 167 Å². The van der Waals surface area contributed by atoms with Crippen LogP contribution in [0.25, 0.3) is 0 Å². The fraction of sp³-hybridized carbons (Fsp3) is 0.391.